The zero-order chi connectivity index (χ0) is 26.7. The number of hydrogen-bond donors (Lipinski definition) is 1. The molecule has 0 fully saturated rings. The Labute approximate surface area is 222 Å². The highest BCUT2D eigenvalue weighted by atomic mass is 35.5. The topological polar surface area (TPSA) is 60.0 Å². The molecule has 3 aromatic carbocycles. The predicted molar refractivity (Wildman–Crippen MR) is 137 cm³/mol. The summed E-state index contributed by atoms with van der Waals surface area (Å²) in [5.41, 5.74) is -0.107. The fourth-order valence-corrected chi connectivity index (χ4v) is 5.71. The number of anilines is 3. The number of ether oxygens (including phenoxy) is 3. The van der Waals surface area contributed by atoms with Crippen LogP contribution in [0, 0.1) is 0 Å². The maximum absolute atomic E-state index is 14.3. The van der Waals surface area contributed by atoms with Gasteiger partial charge in [-0.15, -0.1) is 0 Å². The molecule has 3 heterocycles. The predicted octanol–water partition coefficient (Wildman–Crippen LogP) is 7.05. The number of rotatable bonds is 6. The van der Waals surface area contributed by atoms with E-state index in [4.69, 9.17) is 25.8 Å². The number of carbonyl (C=O) groups is 1. The highest BCUT2D eigenvalue weighted by Gasteiger charge is 2.58. The molecule has 0 aliphatic carbocycles. The van der Waals surface area contributed by atoms with Gasteiger partial charge in [-0.05, 0) is 42.8 Å². The fraction of sp³-hybridized carbons (Fsp3) is 0.321. The first-order valence-electron chi connectivity index (χ1n) is 12.4. The van der Waals surface area contributed by atoms with Gasteiger partial charge >= 0.3 is 6.18 Å². The number of unbranched alkanes of at least 4 members (excludes halogenated alkanes) is 2. The van der Waals surface area contributed by atoms with Gasteiger partial charge in [-0.3, -0.25) is 4.79 Å². The van der Waals surface area contributed by atoms with Gasteiger partial charge in [0.1, 0.15) is 17.8 Å². The van der Waals surface area contributed by atoms with Gasteiger partial charge in [0.2, 0.25) is 12.7 Å². The molecule has 3 aromatic rings. The van der Waals surface area contributed by atoms with Crippen molar-refractivity contribution in [1.29, 1.82) is 0 Å². The number of nitrogens with one attached hydrogen (secondary N) is 1. The number of benzene rings is 3. The summed E-state index contributed by atoms with van der Waals surface area (Å²) in [7, 11) is 0. The highest BCUT2D eigenvalue weighted by Crippen LogP contribution is 2.57. The van der Waals surface area contributed by atoms with Gasteiger partial charge in [0, 0.05) is 34.4 Å². The van der Waals surface area contributed by atoms with E-state index in [0.717, 1.165) is 25.3 Å². The van der Waals surface area contributed by atoms with E-state index in [-0.39, 0.29) is 30.0 Å². The molecule has 10 heteroatoms. The van der Waals surface area contributed by atoms with Gasteiger partial charge in [0.05, 0.1) is 16.9 Å². The van der Waals surface area contributed by atoms with Crippen molar-refractivity contribution in [3.05, 3.63) is 70.2 Å². The van der Waals surface area contributed by atoms with Crippen LogP contribution in [0.5, 0.6) is 17.2 Å². The lowest BCUT2D eigenvalue weighted by molar-refractivity contribution is -0.137. The van der Waals surface area contributed by atoms with Crippen molar-refractivity contribution in [3.8, 4) is 17.2 Å². The van der Waals surface area contributed by atoms with Crippen molar-refractivity contribution in [3.63, 3.8) is 0 Å². The molecular formula is C28H24ClF3N2O4. The van der Waals surface area contributed by atoms with E-state index >= 15 is 0 Å². The molecule has 0 radical (unpaired) electrons. The summed E-state index contributed by atoms with van der Waals surface area (Å²) in [5.74, 6) is 1.33. The van der Waals surface area contributed by atoms with Crippen LogP contribution in [0.1, 0.15) is 42.9 Å². The van der Waals surface area contributed by atoms with Gasteiger partial charge in [-0.1, -0.05) is 37.4 Å². The van der Waals surface area contributed by atoms with Crippen molar-refractivity contribution < 1.29 is 32.2 Å². The van der Waals surface area contributed by atoms with Crippen LogP contribution in [0.25, 0.3) is 0 Å². The van der Waals surface area contributed by atoms with Crippen LogP contribution in [0.3, 0.4) is 0 Å². The number of hydrogen-bond acceptors (Lipinski definition) is 5. The second-order valence-electron chi connectivity index (χ2n) is 9.57. The lowest BCUT2D eigenvalue weighted by Crippen LogP contribution is -2.43. The molecule has 38 heavy (non-hydrogen) atoms. The van der Waals surface area contributed by atoms with Crippen molar-refractivity contribution in [1.82, 2.24) is 0 Å². The molecule has 198 valence electrons. The quantitative estimate of drug-likeness (QED) is 0.337. The molecule has 1 atom stereocenters. The van der Waals surface area contributed by atoms with Crippen LogP contribution < -0.4 is 24.4 Å². The van der Waals surface area contributed by atoms with Gasteiger partial charge in [0.25, 0.3) is 0 Å². The molecule has 6 nitrogen and oxygen atoms in total. The summed E-state index contributed by atoms with van der Waals surface area (Å²) < 4.78 is 58.9. The van der Waals surface area contributed by atoms with Gasteiger partial charge in [-0.25, -0.2) is 0 Å². The third-order valence-electron chi connectivity index (χ3n) is 7.29. The second kappa shape index (κ2) is 9.01. The Balaban J connectivity index is 1.53. The zero-order valence-corrected chi connectivity index (χ0v) is 21.2. The molecule has 3 aliphatic heterocycles. The molecule has 0 saturated carbocycles. The second-order valence-corrected chi connectivity index (χ2v) is 10.0. The molecule has 0 bridgehead atoms. The minimum absolute atomic E-state index is 0.00672. The maximum atomic E-state index is 14.3. The normalized spacial score (nSPS) is 19.1. The number of alkyl halides is 3. The molecule has 0 saturated heterocycles. The zero-order valence-electron chi connectivity index (χ0n) is 20.5. The molecule has 1 spiro atoms. The summed E-state index contributed by atoms with van der Waals surface area (Å²) in [6.45, 7) is 2.63. The highest BCUT2D eigenvalue weighted by molar-refractivity contribution is 6.30. The molecular weight excluding hydrogens is 521 g/mol. The third kappa shape index (κ3) is 3.74. The molecule has 0 aromatic heterocycles. The van der Waals surface area contributed by atoms with E-state index < -0.39 is 17.2 Å². The fourth-order valence-electron chi connectivity index (χ4n) is 5.54. The van der Waals surface area contributed by atoms with E-state index in [1.807, 2.05) is 6.07 Å². The molecule has 6 rings (SSSR count). The van der Waals surface area contributed by atoms with Crippen molar-refractivity contribution in [2.45, 2.75) is 37.8 Å². The monoisotopic (exact) mass is 544 g/mol. The lowest BCUT2D eigenvalue weighted by Gasteiger charge is -2.25. The van der Waals surface area contributed by atoms with Gasteiger partial charge < -0.3 is 24.4 Å². The van der Waals surface area contributed by atoms with Gasteiger partial charge in [0.15, 0.2) is 11.5 Å². The minimum atomic E-state index is -4.63. The maximum Gasteiger partial charge on any atom is 0.418 e. The van der Waals surface area contributed by atoms with Crippen LogP contribution in [-0.4, -0.2) is 25.9 Å². The first-order chi connectivity index (χ1) is 18.2. The Kier molecular flexibility index (Phi) is 5.86. The number of amides is 1. The average molecular weight is 545 g/mol. The Bertz CT molecular complexity index is 1440. The van der Waals surface area contributed by atoms with E-state index in [0.29, 0.717) is 46.3 Å². The summed E-state index contributed by atoms with van der Waals surface area (Å²) >= 11 is 5.90. The lowest BCUT2D eigenvalue weighted by atomic mass is 9.76. The van der Waals surface area contributed by atoms with E-state index in [2.05, 4.69) is 12.2 Å². The Morgan fingerprint density at radius 2 is 1.79 bits per heavy atom. The average Bonchev–Trinajstić information content (AvgIpc) is 3.55. The SMILES string of the molecule is CCCCCN1C(=O)C2(COc3cc4c(cc32)OCO4)c2c(Nc3ccc(Cl)cc3C(F)(F)F)cccc21. The Morgan fingerprint density at radius 3 is 2.55 bits per heavy atom. The first kappa shape index (κ1) is 24.7. The first-order valence-corrected chi connectivity index (χ1v) is 12.8. The van der Waals surface area contributed by atoms with E-state index in [9.17, 15) is 18.0 Å². The van der Waals surface area contributed by atoms with Crippen molar-refractivity contribution >= 4 is 34.6 Å². The van der Waals surface area contributed by atoms with Crippen LogP contribution >= 0.6 is 11.6 Å². The molecule has 1 N–H and O–H groups in total. The van der Waals surface area contributed by atoms with Crippen LogP contribution in [0.15, 0.2) is 48.5 Å². The van der Waals surface area contributed by atoms with Crippen LogP contribution in [0.2, 0.25) is 5.02 Å². The van der Waals surface area contributed by atoms with E-state index in [1.54, 1.807) is 29.2 Å². The van der Waals surface area contributed by atoms with E-state index in [1.165, 1.54) is 12.1 Å². The summed E-state index contributed by atoms with van der Waals surface area (Å²) in [6.07, 6.45) is -1.92. The van der Waals surface area contributed by atoms with Crippen LogP contribution in [-0.2, 0) is 16.4 Å². The number of nitrogens with zero attached hydrogens (tertiary/aromatic N) is 1. The molecule has 3 aliphatic rings. The molecule has 1 amide bonds. The summed E-state index contributed by atoms with van der Waals surface area (Å²) in [5, 5.41) is 2.96. The Hall–Kier alpha value is -3.59. The standard InChI is InChI=1S/C28H24ClF3N2O4/c1-2-3-4-10-34-21-7-5-6-20(33-19-9-8-16(29)11-17(19)28(30,31)32)25(21)27(26(34)35)14-36-22-13-24-23(12-18(22)27)37-15-38-24/h5-9,11-13,33H,2-4,10,14-15H2,1H3. The van der Waals surface area contributed by atoms with Crippen LogP contribution in [0.4, 0.5) is 30.2 Å². The largest absolute Gasteiger partial charge is 0.491 e. The summed E-state index contributed by atoms with van der Waals surface area (Å²) in [4.78, 5) is 16.0. The molecule has 1 unspecified atom stereocenters. The van der Waals surface area contributed by atoms with Gasteiger partial charge in [-0.2, -0.15) is 13.2 Å². The number of fused-ring (bicyclic) bond motifs is 5. The third-order valence-corrected chi connectivity index (χ3v) is 7.53. The summed E-state index contributed by atoms with van der Waals surface area (Å²) in [6, 6.07) is 12.3. The number of halogens is 4. The smallest absolute Gasteiger partial charge is 0.418 e. The van der Waals surface area contributed by atoms with Crippen molar-refractivity contribution in [2.24, 2.45) is 0 Å². The van der Waals surface area contributed by atoms with Crippen molar-refractivity contribution in [2.75, 3.05) is 30.2 Å². The number of carbonyl (C=O) groups excluding carboxylic acids is 1. The minimum Gasteiger partial charge on any atom is -0.491 e. The Morgan fingerprint density at radius 1 is 1.00 bits per heavy atom.